The molecule has 0 amide bonds. The molecule has 2 rings (SSSR count). The Hall–Kier alpha value is -1.33. The third-order valence-corrected chi connectivity index (χ3v) is 3.37. The van der Waals surface area contributed by atoms with Crippen LogP contribution in [0.4, 0.5) is 0 Å². The van der Waals surface area contributed by atoms with Gasteiger partial charge in [0, 0.05) is 25.3 Å². The number of carbonyl (C=O) groups is 1. The minimum atomic E-state index is -0.436. The highest BCUT2D eigenvalue weighted by Crippen LogP contribution is 2.19. The van der Waals surface area contributed by atoms with E-state index in [-0.39, 0.29) is 5.76 Å². The van der Waals surface area contributed by atoms with Crippen molar-refractivity contribution in [2.45, 2.75) is 26.0 Å². The Morgan fingerprint density at radius 1 is 1.61 bits per heavy atom. The molecule has 0 bridgehead atoms. The second kappa shape index (κ2) is 6.02. The lowest BCUT2D eigenvalue weighted by atomic mass is 10.0. The zero-order valence-electron chi connectivity index (χ0n) is 10.8. The number of rotatable bonds is 5. The van der Waals surface area contributed by atoms with Crippen molar-refractivity contribution < 1.29 is 18.7 Å². The van der Waals surface area contributed by atoms with Crippen molar-refractivity contribution in [1.82, 2.24) is 5.32 Å². The fourth-order valence-corrected chi connectivity index (χ4v) is 2.18. The van der Waals surface area contributed by atoms with Gasteiger partial charge in [0.1, 0.15) is 0 Å². The van der Waals surface area contributed by atoms with Crippen molar-refractivity contribution in [1.29, 1.82) is 0 Å². The Kier molecular flexibility index (Phi) is 4.38. The van der Waals surface area contributed by atoms with Gasteiger partial charge in [0.15, 0.2) is 0 Å². The van der Waals surface area contributed by atoms with Gasteiger partial charge >= 0.3 is 5.97 Å². The maximum atomic E-state index is 11.4. The molecule has 2 atom stereocenters. The minimum absolute atomic E-state index is 0.278. The van der Waals surface area contributed by atoms with Crippen LogP contribution in [0.15, 0.2) is 16.7 Å². The molecule has 1 aromatic rings. The van der Waals surface area contributed by atoms with Crippen LogP contribution in [-0.2, 0) is 16.0 Å². The Bertz CT molecular complexity index is 401. The van der Waals surface area contributed by atoms with E-state index in [1.165, 1.54) is 13.4 Å². The molecule has 1 aliphatic rings. The van der Waals surface area contributed by atoms with Crippen LogP contribution < -0.4 is 5.32 Å². The molecule has 2 heterocycles. The highest BCUT2D eigenvalue weighted by atomic mass is 16.5. The molecule has 100 valence electrons. The van der Waals surface area contributed by atoms with Gasteiger partial charge in [-0.15, -0.1) is 0 Å². The maximum absolute atomic E-state index is 11.4. The molecule has 0 aliphatic carbocycles. The predicted octanol–water partition coefficient (Wildman–Crippen LogP) is 1.58. The van der Waals surface area contributed by atoms with Crippen molar-refractivity contribution in [3.8, 4) is 0 Å². The SMILES string of the molecule is COC(=O)c1occc1CNCC1CCOC1C. The van der Waals surface area contributed by atoms with E-state index in [1.54, 1.807) is 6.07 Å². The highest BCUT2D eigenvalue weighted by molar-refractivity contribution is 5.87. The van der Waals surface area contributed by atoms with Gasteiger partial charge in [-0.3, -0.25) is 0 Å². The number of hydrogen-bond acceptors (Lipinski definition) is 5. The van der Waals surface area contributed by atoms with E-state index in [0.717, 1.165) is 25.1 Å². The second-order valence-corrected chi connectivity index (χ2v) is 4.52. The fraction of sp³-hybridized carbons (Fsp3) is 0.615. The Labute approximate surface area is 106 Å². The molecule has 0 saturated carbocycles. The summed E-state index contributed by atoms with van der Waals surface area (Å²) in [4.78, 5) is 11.4. The lowest BCUT2D eigenvalue weighted by Gasteiger charge is -2.14. The maximum Gasteiger partial charge on any atom is 0.374 e. The lowest BCUT2D eigenvalue weighted by molar-refractivity contribution is 0.0563. The van der Waals surface area contributed by atoms with Crippen LogP contribution in [0.1, 0.15) is 29.5 Å². The average molecular weight is 253 g/mol. The van der Waals surface area contributed by atoms with Crippen LogP contribution in [0.5, 0.6) is 0 Å². The lowest BCUT2D eigenvalue weighted by Crippen LogP contribution is -2.27. The summed E-state index contributed by atoms with van der Waals surface area (Å²) in [5, 5.41) is 3.33. The number of methoxy groups -OCH3 is 1. The third-order valence-electron chi connectivity index (χ3n) is 3.37. The monoisotopic (exact) mass is 253 g/mol. The molecule has 1 N–H and O–H groups in total. The molecule has 2 unspecified atom stereocenters. The molecular weight excluding hydrogens is 234 g/mol. The summed E-state index contributed by atoms with van der Waals surface area (Å²) < 4.78 is 15.3. The summed E-state index contributed by atoms with van der Waals surface area (Å²) >= 11 is 0. The minimum Gasteiger partial charge on any atom is -0.463 e. The number of carbonyl (C=O) groups excluding carboxylic acids is 1. The molecule has 0 radical (unpaired) electrons. The molecule has 18 heavy (non-hydrogen) atoms. The van der Waals surface area contributed by atoms with Crippen molar-refractivity contribution in [3.05, 3.63) is 23.7 Å². The highest BCUT2D eigenvalue weighted by Gasteiger charge is 2.24. The Morgan fingerprint density at radius 3 is 3.11 bits per heavy atom. The van der Waals surface area contributed by atoms with Gasteiger partial charge in [0.2, 0.25) is 5.76 Å². The summed E-state index contributed by atoms with van der Waals surface area (Å²) in [7, 11) is 1.35. The standard InChI is InChI=1S/C13H19NO4/c1-9-10(3-5-17-9)7-14-8-11-4-6-18-12(11)13(15)16-2/h4,6,9-10,14H,3,5,7-8H2,1-2H3. The van der Waals surface area contributed by atoms with Gasteiger partial charge in [-0.25, -0.2) is 4.79 Å². The smallest absolute Gasteiger partial charge is 0.374 e. The van der Waals surface area contributed by atoms with Crippen LogP contribution in [-0.4, -0.2) is 32.3 Å². The number of hydrogen-bond donors (Lipinski definition) is 1. The predicted molar refractivity (Wildman–Crippen MR) is 65.3 cm³/mol. The van der Waals surface area contributed by atoms with Gasteiger partial charge in [-0.2, -0.15) is 0 Å². The molecule has 5 heteroatoms. The third kappa shape index (κ3) is 2.91. The quantitative estimate of drug-likeness (QED) is 0.807. The van der Waals surface area contributed by atoms with Crippen LogP contribution >= 0.6 is 0 Å². The molecule has 0 aromatic carbocycles. The summed E-state index contributed by atoms with van der Waals surface area (Å²) in [6.07, 6.45) is 2.90. The fourth-order valence-electron chi connectivity index (χ4n) is 2.18. The van der Waals surface area contributed by atoms with Crippen molar-refractivity contribution >= 4 is 5.97 Å². The second-order valence-electron chi connectivity index (χ2n) is 4.52. The molecule has 1 saturated heterocycles. The van der Waals surface area contributed by atoms with E-state index in [0.29, 0.717) is 18.6 Å². The topological polar surface area (TPSA) is 60.7 Å². The zero-order chi connectivity index (χ0) is 13.0. The number of furan rings is 1. The first-order valence-corrected chi connectivity index (χ1v) is 6.19. The van der Waals surface area contributed by atoms with E-state index in [9.17, 15) is 4.79 Å². The van der Waals surface area contributed by atoms with Crippen molar-refractivity contribution in [2.24, 2.45) is 5.92 Å². The molecular formula is C13H19NO4. The van der Waals surface area contributed by atoms with E-state index < -0.39 is 5.97 Å². The van der Waals surface area contributed by atoms with Crippen molar-refractivity contribution in [3.63, 3.8) is 0 Å². The van der Waals surface area contributed by atoms with Crippen LogP contribution in [0.25, 0.3) is 0 Å². The van der Waals surface area contributed by atoms with E-state index in [4.69, 9.17) is 9.15 Å². The molecule has 0 spiro atoms. The van der Waals surface area contributed by atoms with Gasteiger partial charge in [-0.1, -0.05) is 0 Å². The van der Waals surface area contributed by atoms with Crippen molar-refractivity contribution in [2.75, 3.05) is 20.3 Å². The van der Waals surface area contributed by atoms with E-state index in [1.807, 2.05) is 0 Å². The Morgan fingerprint density at radius 2 is 2.44 bits per heavy atom. The summed E-state index contributed by atoms with van der Waals surface area (Å²) in [6, 6.07) is 1.79. The van der Waals surface area contributed by atoms with Gasteiger partial charge < -0.3 is 19.2 Å². The molecule has 1 fully saturated rings. The number of nitrogens with one attached hydrogen (secondary N) is 1. The van der Waals surface area contributed by atoms with Gasteiger partial charge in [0.25, 0.3) is 0 Å². The average Bonchev–Trinajstić information content (AvgIpc) is 2.98. The van der Waals surface area contributed by atoms with E-state index in [2.05, 4.69) is 17.0 Å². The summed E-state index contributed by atoms with van der Waals surface area (Å²) in [5.41, 5.74) is 0.827. The molecule has 1 aromatic heterocycles. The van der Waals surface area contributed by atoms with E-state index >= 15 is 0 Å². The first kappa shape index (κ1) is 13.1. The van der Waals surface area contributed by atoms with Crippen LogP contribution in [0, 0.1) is 5.92 Å². The van der Waals surface area contributed by atoms with Crippen LogP contribution in [0.2, 0.25) is 0 Å². The normalized spacial score (nSPS) is 23.2. The van der Waals surface area contributed by atoms with Crippen LogP contribution in [0.3, 0.4) is 0 Å². The molecule has 1 aliphatic heterocycles. The number of ether oxygens (including phenoxy) is 2. The molecule has 5 nitrogen and oxygen atoms in total. The first-order chi connectivity index (χ1) is 8.72. The van der Waals surface area contributed by atoms with Gasteiger partial charge in [0.05, 0.1) is 19.5 Å². The number of esters is 1. The van der Waals surface area contributed by atoms with Gasteiger partial charge in [-0.05, 0) is 25.3 Å². The summed E-state index contributed by atoms with van der Waals surface area (Å²) in [6.45, 7) is 4.42. The summed E-state index contributed by atoms with van der Waals surface area (Å²) in [5.74, 6) is 0.383. The zero-order valence-corrected chi connectivity index (χ0v) is 10.8. The first-order valence-electron chi connectivity index (χ1n) is 6.19. The Balaban J connectivity index is 1.83. The largest absolute Gasteiger partial charge is 0.463 e.